The number of aliphatic hydroxyl groups is 1. The first-order valence-corrected chi connectivity index (χ1v) is 5.72. The number of aliphatic hydroxyl groups excluding tert-OH is 1. The molecule has 4 nitrogen and oxygen atoms in total. The van der Waals surface area contributed by atoms with Crippen molar-refractivity contribution >= 4 is 0 Å². The summed E-state index contributed by atoms with van der Waals surface area (Å²) in [6.45, 7) is 2.70. The van der Waals surface area contributed by atoms with E-state index < -0.39 is 0 Å². The summed E-state index contributed by atoms with van der Waals surface area (Å²) >= 11 is 0. The van der Waals surface area contributed by atoms with Crippen molar-refractivity contribution in [2.24, 2.45) is 0 Å². The minimum absolute atomic E-state index is 0.0536. The fraction of sp³-hybridized carbons (Fsp3) is 0.385. The van der Waals surface area contributed by atoms with Gasteiger partial charge in [0, 0.05) is 12.5 Å². The Bertz CT molecular complexity index is 433. The second-order valence-electron chi connectivity index (χ2n) is 4.09. The van der Waals surface area contributed by atoms with Gasteiger partial charge in [-0.1, -0.05) is 0 Å². The van der Waals surface area contributed by atoms with Gasteiger partial charge in [0.15, 0.2) is 0 Å². The van der Waals surface area contributed by atoms with Crippen molar-refractivity contribution in [1.82, 2.24) is 5.32 Å². The molecule has 0 saturated carbocycles. The van der Waals surface area contributed by atoms with E-state index >= 15 is 0 Å². The van der Waals surface area contributed by atoms with E-state index in [-0.39, 0.29) is 6.61 Å². The molecule has 1 atom stereocenters. The molecule has 0 aromatic carbocycles. The Kier molecular flexibility index (Phi) is 4.01. The zero-order valence-corrected chi connectivity index (χ0v) is 9.85. The van der Waals surface area contributed by atoms with Gasteiger partial charge in [-0.15, -0.1) is 0 Å². The maximum absolute atomic E-state index is 8.87. The highest BCUT2D eigenvalue weighted by Gasteiger charge is 2.07. The molecule has 2 N–H and O–H groups in total. The Morgan fingerprint density at radius 2 is 2.06 bits per heavy atom. The van der Waals surface area contributed by atoms with E-state index in [0.29, 0.717) is 18.3 Å². The van der Waals surface area contributed by atoms with Crippen LogP contribution in [0.1, 0.15) is 24.2 Å². The van der Waals surface area contributed by atoms with Crippen molar-refractivity contribution in [2.75, 3.05) is 0 Å². The summed E-state index contributed by atoms with van der Waals surface area (Å²) < 4.78 is 10.7. The minimum Gasteiger partial charge on any atom is -0.469 e. The van der Waals surface area contributed by atoms with E-state index in [4.69, 9.17) is 13.9 Å². The van der Waals surface area contributed by atoms with Crippen molar-refractivity contribution in [1.29, 1.82) is 0 Å². The number of hydrogen-bond acceptors (Lipinski definition) is 4. The summed E-state index contributed by atoms with van der Waals surface area (Å²) in [6, 6.07) is 7.83. The topological polar surface area (TPSA) is 58.5 Å². The van der Waals surface area contributed by atoms with Gasteiger partial charge in [0.25, 0.3) is 0 Å². The van der Waals surface area contributed by atoms with Gasteiger partial charge < -0.3 is 19.3 Å². The van der Waals surface area contributed by atoms with E-state index in [0.717, 1.165) is 17.9 Å². The van der Waals surface area contributed by atoms with Crippen LogP contribution in [0.15, 0.2) is 39.4 Å². The molecule has 92 valence electrons. The number of furan rings is 2. The predicted octanol–water partition coefficient (Wildman–Crippen LogP) is 2.09. The lowest BCUT2D eigenvalue weighted by Gasteiger charge is -2.10. The molecule has 0 bridgehead atoms. The zero-order valence-electron chi connectivity index (χ0n) is 9.85. The van der Waals surface area contributed by atoms with E-state index in [1.54, 1.807) is 12.3 Å². The average Bonchev–Trinajstić information content (AvgIpc) is 2.96. The molecule has 2 aromatic rings. The molecular weight excluding hydrogens is 218 g/mol. The molecular formula is C13H17NO3. The van der Waals surface area contributed by atoms with Crippen molar-refractivity contribution in [3.05, 3.63) is 47.8 Å². The van der Waals surface area contributed by atoms with Crippen LogP contribution in [0.2, 0.25) is 0 Å². The smallest absolute Gasteiger partial charge is 0.129 e. The SMILES string of the molecule is CC(Cc1ccco1)NCc1ccc(CO)o1. The fourth-order valence-corrected chi connectivity index (χ4v) is 1.68. The van der Waals surface area contributed by atoms with Gasteiger partial charge in [-0.2, -0.15) is 0 Å². The van der Waals surface area contributed by atoms with Crippen LogP contribution >= 0.6 is 0 Å². The Morgan fingerprint density at radius 1 is 1.24 bits per heavy atom. The Balaban J connectivity index is 1.77. The number of rotatable bonds is 6. The first-order chi connectivity index (χ1) is 8.28. The lowest BCUT2D eigenvalue weighted by Crippen LogP contribution is -2.27. The first-order valence-electron chi connectivity index (χ1n) is 5.72. The van der Waals surface area contributed by atoms with Crippen molar-refractivity contribution in [2.45, 2.75) is 32.5 Å². The van der Waals surface area contributed by atoms with E-state index in [1.807, 2.05) is 18.2 Å². The molecule has 17 heavy (non-hydrogen) atoms. The third-order valence-electron chi connectivity index (χ3n) is 2.59. The van der Waals surface area contributed by atoms with Crippen LogP contribution in [-0.4, -0.2) is 11.1 Å². The van der Waals surface area contributed by atoms with Crippen LogP contribution in [0, 0.1) is 0 Å². The van der Waals surface area contributed by atoms with Gasteiger partial charge >= 0.3 is 0 Å². The van der Waals surface area contributed by atoms with Gasteiger partial charge in [-0.05, 0) is 31.2 Å². The van der Waals surface area contributed by atoms with E-state index in [9.17, 15) is 0 Å². The quantitative estimate of drug-likeness (QED) is 0.805. The van der Waals surface area contributed by atoms with Crippen LogP contribution in [0.5, 0.6) is 0 Å². The van der Waals surface area contributed by atoms with Crippen LogP contribution in [0.3, 0.4) is 0 Å². The van der Waals surface area contributed by atoms with E-state index in [1.165, 1.54) is 0 Å². The molecule has 4 heteroatoms. The van der Waals surface area contributed by atoms with E-state index in [2.05, 4.69) is 12.2 Å². The molecule has 0 radical (unpaired) electrons. The zero-order chi connectivity index (χ0) is 12.1. The molecule has 0 aliphatic carbocycles. The second kappa shape index (κ2) is 5.70. The molecule has 2 rings (SSSR count). The summed E-state index contributed by atoms with van der Waals surface area (Å²) in [5, 5.41) is 12.2. The first kappa shape index (κ1) is 12.0. The lowest BCUT2D eigenvalue weighted by molar-refractivity contribution is 0.242. The molecule has 2 heterocycles. The Morgan fingerprint density at radius 3 is 2.71 bits per heavy atom. The maximum atomic E-state index is 8.87. The predicted molar refractivity (Wildman–Crippen MR) is 63.3 cm³/mol. The van der Waals surface area contributed by atoms with Gasteiger partial charge in [0.1, 0.15) is 23.9 Å². The number of hydrogen-bond donors (Lipinski definition) is 2. The molecule has 1 unspecified atom stereocenters. The van der Waals surface area contributed by atoms with Crippen LogP contribution in [0.25, 0.3) is 0 Å². The highest BCUT2D eigenvalue weighted by atomic mass is 16.4. The standard InChI is InChI=1S/C13H17NO3/c1-10(7-11-3-2-6-16-11)14-8-12-4-5-13(9-15)17-12/h2-6,10,14-15H,7-9H2,1H3. The second-order valence-corrected chi connectivity index (χ2v) is 4.09. The highest BCUT2D eigenvalue weighted by molar-refractivity contribution is 5.06. The Labute approximate surface area is 100 Å². The lowest BCUT2D eigenvalue weighted by atomic mass is 10.2. The summed E-state index contributed by atoms with van der Waals surface area (Å²) in [6.07, 6.45) is 2.53. The molecule has 0 amide bonds. The monoisotopic (exact) mass is 235 g/mol. The van der Waals surface area contributed by atoms with Crippen molar-refractivity contribution in [3.63, 3.8) is 0 Å². The molecule has 2 aromatic heterocycles. The van der Waals surface area contributed by atoms with Gasteiger partial charge in [-0.3, -0.25) is 0 Å². The third kappa shape index (κ3) is 3.47. The number of nitrogens with one attached hydrogen (secondary N) is 1. The molecule has 0 aliphatic heterocycles. The van der Waals surface area contributed by atoms with Gasteiger partial charge in [0.2, 0.25) is 0 Å². The highest BCUT2D eigenvalue weighted by Crippen LogP contribution is 2.08. The largest absolute Gasteiger partial charge is 0.469 e. The summed E-state index contributed by atoms with van der Waals surface area (Å²) in [4.78, 5) is 0. The molecule has 0 fully saturated rings. The normalized spacial score (nSPS) is 12.8. The molecule has 0 saturated heterocycles. The van der Waals surface area contributed by atoms with Gasteiger partial charge in [-0.25, -0.2) is 0 Å². The third-order valence-corrected chi connectivity index (χ3v) is 2.59. The summed E-state index contributed by atoms with van der Waals surface area (Å²) in [7, 11) is 0. The van der Waals surface area contributed by atoms with Crippen molar-refractivity contribution < 1.29 is 13.9 Å². The molecule has 0 spiro atoms. The fourth-order valence-electron chi connectivity index (χ4n) is 1.68. The van der Waals surface area contributed by atoms with Crippen LogP contribution in [0.4, 0.5) is 0 Å². The summed E-state index contributed by atoms with van der Waals surface area (Å²) in [5.41, 5.74) is 0. The van der Waals surface area contributed by atoms with Crippen LogP contribution < -0.4 is 5.32 Å². The summed E-state index contributed by atoms with van der Waals surface area (Å²) in [5.74, 6) is 2.40. The van der Waals surface area contributed by atoms with Crippen LogP contribution in [-0.2, 0) is 19.6 Å². The minimum atomic E-state index is -0.0536. The van der Waals surface area contributed by atoms with Crippen molar-refractivity contribution in [3.8, 4) is 0 Å². The Hall–Kier alpha value is -1.52. The maximum Gasteiger partial charge on any atom is 0.129 e. The average molecular weight is 235 g/mol. The van der Waals surface area contributed by atoms with Gasteiger partial charge in [0.05, 0.1) is 12.8 Å². The molecule has 0 aliphatic rings.